The van der Waals surface area contributed by atoms with Crippen LogP contribution in [0.1, 0.15) is 0 Å². The van der Waals surface area contributed by atoms with Gasteiger partial charge < -0.3 is 9.47 Å². The Bertz CT molecular complexity index is 2650. The van der Waals surface area contributed by atoms with Crippen LogP contribution in [-0.4, -0.2) is 4.57 Å². The van der Waals surface area contributed by atoms with Crippen molar-refractivity contribution in [2.45, 2.75) is 0 Å². The molecule has 0 bridgehead atoms. The maximum absolute atomic E-state index is 2.43. The fourth-order valence-corrected chi connectivity index (χ4v) is 9.39. The van der Waals surface area contributed by atoms with E-state index in [9.17, 15) is 0 Å². The highest BCUT2D eigenvalue weighted by atomic mass is 32.1. The monoisotopic (exact) mass is 622 g/mol. The molecule has 0 aliphatic rings. The summed E-state index contributed by atoms with van der Waals surface area (Å²) in [6.07, 6.45) is 0. The minimum Gasteiger partial charge on any atom is -0.310 e. The summed E-state index contributed by atoms with van der Waals surface area (Å²) in [6.45, 7) is 0. The molecule has 3 heterocycles. The Hall–Kier alpha value is -5.42. The molecular weight excluding hydrogens is 597 g/mol. The molecule has 4 heteroatoms. The highest BCUT2D eigenvalue weighted by Gasteiger charge is 2.19. The van der Waals surface area contributed by atoms with Gasteiger partial charge in [-0.1, -0.05) is 84.9 Å². The lowest BCUT2D eigenvalue weighted by Crippen LogP contribution is -2.09. The van der Waals surface area contributed by atoms with E-state index in [0.29, 0.717) is 0 Å². The zero-order valence-electron chi connectivity index (χ0n) is 24.7. The molecule has 0 saturated carbocycles. The molecule has 46 heavy (non-hydrogen) atoms. The number of benzene rings is 7. The Kier molecular flexibility index (Phi) is 5.65. The van der Waals surface area contributed by atoms with Gasteiger partial charge in [0.05, 0.1) is 11.0 Å². The van der Waals surface area contributed by atoms with Gasteiger partial charge in [-0.2, -0.15) is 0 Å². The number of rotatable bonds is 4. The van der Waals surface area contributed by atoms with Crippen LogP contribution in [0, 0.1) is 0 Å². The third-order valence-corrected chi connectivity index (χ3v) is 11.4. The summed E-state index contributed by atoms with van der Waals surface area (Å²) in [5, 5.41) is 7.76. The van der Waals surface area contributed by atoms with Crippen molar-refractivity contribution in [2.24, 2.45) is 0 Å². The van der Waals surface area contributed by atoms with E-state index in [2.05, 4.69) is 167 Å². The van der Waals surface area contributed by atoms with Crippen LogP contribution in [0.3, 0.4) is 0 Å². The van der Waals surface area contributed by atoms with Crippen LogP contribution in [0.2, 0.25) is 0 Å². The van der Waals surface area contributed by atoms with Crippen molar-refractivity contribution in [3.05, 3.63) is 158 Å². The first-order valence-corrected chi connectivity index (χ1v) is 17.1. The number of para-hydroxylation sites is 2. The van der Waals surface area contributed by atoms with Gasteiger partial charge >= 0.3 is 0 Å². The first kappa shape index (κ1) is 25.9. The molecule has 10 aromatic rings. The maximum atomic E-state index is 2.43. The number of nitrogens with zero attached hydrogens (tertiary/aromatic N) is 2. The van der Waals surface area contributed by atoms with E-state index in [1.807, 2.05) is 22.7 Å². The van der Waals surface area contributed by atoms with Gasteiger partial charge in [-0.15, -0.1) is 22.7 Å². The second kappa shape index (κ2) is 10.0. The molecule has 0 unspecified atom stereocenters. The van der Waals surface area contributed by atoms with Crippen LogP contribution in [0.15, 0.2) is 158 Å². The van der Waals surface area contributed by atoms with Gasteiger partial charge in [0.1, 0.15) is 0 Å². The molecule has 0 N–H and O–H groups in total. The Morgan fingerprint density at radius 1 is 0.348 bits per heavy atom. The lowest BCUT2D eigenvalue weighted by Gasteiger charge is -2.26. The number of anilines is 3. The fraction of sp³-hybridized carbons (Fsp3) is 0. The number of fused-ring (bicyclic) bond motifs is 9. The van der Waals surface area contributed by atoms with E-state index < -0.39 is 0 Å². The predicted octanol–water partition coefficient (Wildman–Crippen LogP) is 13.0. The van der Waals surface area contributed by atoms with Gasteiger partial charge in [-0.25, -0.2) is 0 Å². The second-order valence-corrected chi connectivity index (χ2v) is 13.9. The van der Waals surface area contributed by atoms with E-state index >= 15 is 0 Å². The van der Waals surface area contributed by atoms with Gasteiger partial charge in [0.2, 0.25) is 0 Å². The van der Waals surface area contributed by atoms with Gasteiger partial charge in [-0.05, 0) is 72.8 Å². The van der Waals surface area contributed by atoms with Crippen molar-refractivity contribution >= 4 is 102 Å². The molecule has 0 spiro atoms. The first-order valence-electron chi connectivity index (χ1n) is 15.5. The number of aromatic nitrogens is 1. The molecule has 0 radical (unpaired) electrons. The van der Waals surface area contributed by atoms with Crippen LogP contribution in [0.25, 0.3) is 67.8 Å². The normalized spacial score (nSPS) is 11.9. The van der Waals surface area contributed by atoms with Gasteiger partial charge in [0.25, 0.3) is 0 Å². The molecule has 10 rings (SSSR count). The summed E-state index contributed by atoms with van der Waals surface area (Å²) in [5.74, 6) is 0. The summed E-state index contributed by atoms with van der Waals surface area (Å²) in [4.78, 5) is 2.43. The van der Waals surface area contributed by atoms with Crippen LogP contribution in [0.5, 0.6) is 0 Å². The molecule has 0 aliphatic heterocycles. The van der Waals surface area contributed by atoms with E-state index in [-0.39, 0.29) is 0 Å². The lowest BCUT2D eigenvalue weighted by molar-refractivity contribution is 1.18. The molecule has 0 atom stereocenters. The first-order chi connectivity index (χ1) is 22.8. The Morgan fingerprint density at radius 3 is 1.48 bits per heavy atom. The number of hydrogen-bond donors (Lipinski definition) is 0. The Labute approximate surface area is 273 Å². The molecule has 0 saturated heterocycles. The summed E-state index contributed by atoms with van der Waals surface area (Å²) >= 11 is 3.73. The molecule has 216 valence electrons. The van der Waals surface area contributed by atoms with Crippen molar-refractivity contribution in [3.63, 3.8) is 0 Å². The van der Waals surface area contributed by atoms with E-state index in [4.69, 9.17) is 0 Å². The molecule has 2 nitrogen and oxygen atoms in total. The summed E-state index contributed by atoms with van der Waals surface area (Å²) in [5.41, 5.74) is 7.05. The Morgan fingerprint density at radius 2 is 0.826 bits per heavy atom. The van der Waals surface area contributed by atoms with Gasteiger partial charge in [0, 0.05) is 73.9 Å². The summed E-state index contributed by atoms with van der Waals surface area (Å²) in [6, 6.07) is 57.7. The molecule has 7 aromatic carbocycles. The van der Waals surface area contributed by atoms with Crippen LogP contribution in [0.4, 0.5) is 17.1 Å². The van der Waals surface area contributed by atoms with E-state index in [1.54, 1.807) is 0 Å². The van der Waals surface area contributed by atoms with Crippen LogP contribution < -0.4 is 4.90 Å². The van der Waals surface area contributed by atoms with Crippen molar-refractivity contribution < 1.29 is 0 Å². The quantitative estimate of drug-likeness (QED) is 0.190. The van der Waals surface area contributed by atoms with E-state index in [1.165, 1.54) is 67.8 Å². The summed E-state index contributed by atoms with van der Waals surface area (Å²) < 4.78 is 7.62. The molecule has 3 aromatic heterocycles. The minimum atomic E-state index is 1.14. The number of hydrogen-bond acceptors (Lipinski definition) is 3. The van der Waals surface area contributed by atoms with Crippen LogP contribution >= 0.6 is 22.7 Å². The lowest BCUT2D eigenvalue weighted by atomic mass is 10.1. The average molecular weight is 623 g/mol. The smallest absolute Gasteiger partial charge is 0.0542 e. The van der Waals surface area contributed by atoms with Crippen molar-refractivity contribution in [3.8, 4) is 5.69 Å². The molecule has 0 fully saturated rings. The van der Waals surface area contributed by atoms with E-state index in [0.717, 1.165) is 17.1 Å². The predicted molar refractivity (Wildman–Crippen MR) is 201 cm³/mol. The Balaban J connectivity index is 1.23. The van der Waals surface area contributed by atoms with Crippen LogP contribution in [-0.2, 0) is 0 Å². The summed E-state index contributed by atoms with van der Waals surface area (Å²) in [7, 11) is 0. The van der Waals surface area contributed by atoms with Gasteiger partial charge in [-0.3, -0.25) is 0 Å². The third-order valence-electron chi connectivity index (χ3n) is 9.17. The largest absolute Gasteiger partial charge is 0.310 e. The highest BCUT2D eigenvalue weighted by Crippen LogP contribution is 2.44. The zero-order valence-corrected chi connectivity index (χ0v) is 26.4. The zero-order chi connectivity index (χ0) is 30.2. The molecular formula is C42H26N2S2. The topological polar surface area (TPSA) is 8.17 Å². The van der Waals surface area contributed by atoms with Crippen molar-refractivity contribution in [1.29, 1.82) is 0 Å². The highest BCUT2D eigenvalue weighted by molar-refractivity contribution is 7.26. The van der Waals surface area contributed by atoms with Gasteiger partial charge in [0.15, 0.2) is 0 Å². The van der Waals surface area contributed by atoms with Crippen molar-refractivity contribution in [1.82, 2.24) is 4.57 Å². The minimum absolute atomic E-state index is 1.14. The number of thiophene rings is 2. The van der Waals surface area contributed by atoms with Crippen molar-refractivity contribution in [2.75, 3.05) is 4.90 Å². The third kappa shape index (κ3) is 3.87. The maximum Gasteiger partial charge on any atom is 0.0542 e. The molecule has 0 aliphatic carbocycles. The standard InChI is InChI=1S/C42H26N2S2/c1-2-10-27(11-3-1)44-37-15-7-4-12-31(37)36-24-28(20-23-38(36)44)43(29-18-21-34-32-13-5-8-16-39(32)45-41(34)25-29)30-19-22-35-33-14-6-9-17-40(33)46-42(35)26-30/h1-26H. The second-order valence-electron chi connectivity index (χ2n) is 11.8. The SMILES string of the molecule is c1ccc(-n2c3ccccc3c3cc(N(c4ccc5c(c4)sc4ccccc45)c4ccc5c(c4)sc4ccccc45)ccc32)cc1. The molecule has 0 amide bonds. The average Bonchev–Trinajstić information content (AvgIpc) is 3.77. The fourth-order valence-electron chi connectivity index (χ4n) is 7.11.